The van der Waals surface area contributed by atoms with Crippen LogP contribution in [0.15, 0.2) is 12.1 Å². The number of aryl methyl sites for hydroxylation is 1. The van der Waals surface area contributed by atoms with E-state index >= 15 is 0 Å². The van der Waals surface area contributed by atoms with Crippen LogP contribution in [-0.2, 0) is 0 Å². The predicted octanol–water partition coefficient (Wildman–Crippen LogP) is 3.68. The van der Waals surface area contributed by atoms with Gasteiger partial charge in [-0.3, -0.25) is 4.79 Å². The summed E-state index contributed by atoms with van der Waals surface area (Å²) < 4.78 is 0. The van der Waals surface area contributed by atoms with Crippen molar-refractivity contribution in [1.29, 1.82) is 0 Å². The molecule has 0 fully saturated rings. The number of halogens is 3. The minimum absolute atomic E-state index is 0.244. The average Bonchev–Trinajstić information content (AvgIpc) is 1.96. The second-order valence-corrected chi connectivity index (χ2v) is 3.51. The summed E-state index contributed by atoms with van der Waals surface area (Å²) in [5.41, 5.74) is 1.07. The Morgan fingerprint density at radius 3 is 2.33 bits per heavy atom. The van der Waals surface area contributed by atoms with Crippen molar-refractivity contribution in [1.82, 2.24) is 0 Å². The quantitative estimate of drug-likeness (QED) is 0.664. The fourth-order valence-electron chi connectivity index (χ4n) is 0.797. The summed E-state index contributed by atoms with van der Waals surface area (Å²) in [6, 6.07) is 3.08. The van der Waals surface area contributed by atoms with Gasteiger partial charge in [-0.25, -0.2) is 0 Å². The van der Waals surface area contributed by atoms with E-state index in [1.165, 1.54) is 6.07 Å². The van der Waals surface area contributed by atoms with E-state index in [4.69, 9.17) is 34.8 Å². The van der Waals surface area contributed by atoms with Crippen LogP contribution in [0.2, 0.25) is 10.0 Å². The molecule has 0 aliphatic heterocycles. The average molecular weight is 223 g/mol. The molecule has 0 unspecified atom stereocenters. The fraction of sp³-hybridized carbons (Fsp3) is 0.125. The van der Waals surface area contributed by atoms with E-state index in [1.54, 1.807) is 13.0 Å². The lowest BCUT2D eigenvalue weighted by atomic mass is 10.2. The molecule has 0 amide bonds. The minimum atomic E-state index is -0.595. The smallest absolute Gasteiger partial charge is 0.253 e. The molecule has 0 N–H and O–H groups in total. The standard InChI is InChI=1S/C8H5Cl3O/c1-4-2-7(10)5(8(11)12)3-6(4)9/h2-3H,1H3. The van der Waals surface area contributed by atoms with Crippen molar-refractivity contribution in [2.45, 2.75) is 6.92 Å². The van der Waals surface area contributed by atoms with Gasteiger partial charge in [0, 0.05) is 5.02 Å². The van der Waals surface area contributed by atoms with Crippen LogP contribution in [0.3, 0.4) is 0 Å². The third-order valence-electron chi connectivity index (χ3n) is 1.46. The lowest BCUT2D eigenvalue weighted by Crippen LogP contribution is -1.91. The fourth-order valence-corrected chi connectivity index (χ4v) is 1.47. The molecule has 1 nitrogen and oxygen atoms in total. The first-order valence-corrected chi connectivity index (χ1v) is 4.31. The van der Waals surface area contributed by atoms with Gasteiger partial charge in [0.15, 0.2) is 0 Å². The van der Waals surface area contributed by atoms with E-state index in [-0.39, 0.29) is 5.56 Å². The molecule has 1 aromatic carbocycles. The van der Waals surface area contributed by atoms with E-state index in [0.717, 1.165) is 5.56 Å². The number of carbonyl (C=O) groups excluding carboxylic acids is 1. The van der Waals surface area contributed by atoms with E-state index in [9.17, 15) is 4.79 Å². The third kappa shape index (κ3) is 1.92. The van der Waals surface area contributed by atoms with Gasteiger partial charge in [0.2, 0.25) is 0 Å². The maximum absolute atomic E-state index is 10.8. The molecule has 12 heavy (non-hydrogen) atoms. The monoisotopic (exact) mass is 222 g/mol. The van der Waals surface area contributed by atoms with Crippen molar-refractivity contribution < 1.29 is 4.79 Å². The third-order valence-corrected chi connectivity index (χ3v) is 2.38. The molecule has 64 valence electrons. The van der Waals surface area contributed by atoms with Crippen LogP contribution in [0, 0.1) is 6.92 Å². The summed E-state index contributed by atoms with van der Waals surface area (Å²) >= 11 is 16.7. The Morgan fingerprint density at radius 1 is 1.25 bits per heavy atom. The number of hydrogen-bond acceptors (Lipinski definition) is 1. The Kier molecular flexibility index (Phi) is 2.99. The number of benzene rings is 1. The van der Waals surface area contributed by atoms with Crippen LogP contribution in [0.1, 0.15) is 15.9 Å². The van der Waals surface area contributed by atoms with Gasteiger partial charge < -0.3 is 0 Å². The Morgan fingerprint density at radius 2 is 1.83 bits per heavy atom. The maximum atomic E-state index is 10.8. The molecule has 0 aliphatic carbocycles. The molecule has 0 bridgehead atoms. The second kappa shape index (κ2) is 3.65. The Bertz CT molecular complexity index is 333. The van der Waals surface area contributed by atoms with Crippen molar-refractivity contribution in [2.24, 2.45) is 0 Å². The van der Waals surface area contributed by atoms with Crippen molar-refractivity contribution >= 4 is 40.0 Å². The van der Waals surface area contributed by atoms with Crippen LogP contribution in [0.4, 0.5) is 0 Å². The minimum Gasteiger partial charge on any atom is -0.276 e. The van der Waals surface area contributed by atoms with Gasteiger partial charge in [0.1, 0.15) is 0 Å². The van der Waals surface area contributed by atoms with Crippen LogP contribution >= 0.6 is 34.8 Å². The number of rotatable bonds is 1. The van der Waals surface area contributed by atoms with Gasteiger partial charge in [-0.2, -0.15) is 0 Å². The van der Waals surface area contributed by atoms with Crippen LogP contribution < -0.4 is 0 Å². The van der Waals surface area contributed by atoms with Gasteiger partial charge in [-0.05, 0) is 36.2 Å². The first-order chi connectivity index (χ1) is 5.52. The van der Waals surface area contributed by atoms with Gasteiger partial charge >= 0.3 is 0 Å². The normalized spacial score (nSPS) is 10.0. The van der Waals surface area contributed by atoms with Gasteiger partial charge in [0.05, 0.1) is 10.6 Å². The molecule has 4 heteroatoms. The topological polar surface area (TPSA) is 17.1 Å². The predicted molar refractivity (Wildman–Crippen MR) is 51.4 cm³/mol. The maximum Gasteiger partial charge on any atom is 0.253 e. The highest BCUT2D eigenvalue weighted by atomic mass is 35.5. The molecule has 1 rings (SSSR count). The molecule has 0 atom stereocenters. The molecule has 0 radical (unpaired) electrons. The Balaban J connectivity index is 3.33. The van der Waals surface area contributed by atoms with E-state index in [0.29, 0.717) is 10.0 Å². The highest BCUT2D eigenvalue weighted by Gasteiger charge is 2.09. The molecule has 0 heterocycles. The summed E-state index contributed by atoms with van der Waals surface area (Å²) in [6.45, 7) is 1.80. The number of carbonyl (C=O) groups is 1. The van der Waals surface area contributed by atoms with Gasteiger partial charge in [0.25, 0.3) is 5.24 Å². The van der Waals surface area contributed by atoms with E-state index in [2.05, 4.69) is 0 Å². The Hall–Kier alpha value is -0.240. The highest BCUT2D eigenvalue weighted by Crippen LogP contribution is 2.25. The van der Waals surface area contributed by atoms with Crippen LogP contribution in [-0.4, -0.2) is 5.24 Å². The molecule has 0 saturated heterocycles. The summed E-state index contributed by atoms with van der Waals surface area (Å²) in [5.74, 6) is 0. The zero-order chi connectivity index (χ0) is 9.30. The lowest BCUT2D eigenvalue weighted by molar-refractivity contribution is 0.108. The lowest BCUT2D eigenvalue weighted by Gasteiger charge is -2.01. The molecule has 0 saturated carbocycles. The van der Waals surface area contributed by atoms with Crippen LogP contribution in [0.25, 0.3) is 0 Å². The Labute approximate surface area is 85.2 Å². The molecular formula is C8H5Cl3O. The summed E-state index contributed by atoms with van der Waals surface area (Å²) in [6.07, 6.45) is 0. The van der Waals surface area contributed by atoms with Gasteiger partial charge in [-0.1, -0.05) is 23.2 Å². The SMILES string of the molecule is Cc1cc(Cl)c(C(=O)Cl)cc1Cl. The van der Waals surface area contributed by atoms with Gasteiger partial charge in [-0.15, -0.1) is 0 Å². The second-order valence-electron chi connectivity index (χ2n) is 2.35. The van der Waals surface area contributed by atoms with E-state index in [1.807, 2.05) is 0 Å². The highest BCUT2D eigenvalue weighted by molar-refractivity contribution is 6.68. The van der Waals surface area contributed by atoms with Crippen molar-refractivity contribution in [2.75, 3.05) is 0 Å². The zero-order valence-electron chi connectivity index (χ0n) is 6.20. The summed E-state index contributed by atoms with van der Waals surface area (Å²) in [5, 5.41) is 0.224. The van der Waals surface area contributed by atoms with Crippen molar-refractivity contribution in [3.05, 3.63) is 33.3 Å². The molecule has 1 aromatic rings. The first kappa shape index (κ1) is 9.85. The molecule has 0 aromatic heterocycles. The van der Waals surface area contributed by atoms with Crippen LogP contribution in [0.5, 0.6) is 0 Å². The van der Waals surface area contributed by atoms with Crippen molar-refractivity contribution in [3.8, 4) is 0 Å². The first-order valence-electron chi connectivity index (χ1n) is 3.18. The zero-order valence-corrected chi connectivity index (χ0v) is 8.46. The molecular weight excluding hydrogens is 218 g/mol. The van der Waals surface area contributed by atoms with Crippen molar-refractivity contribution in [3.63, 3.8) is 0 Å². The largest absolute Gasteiger partial charge is 0.276 e. The van der Waals surface area contributed by atoms with E-state index < -0.39 is 5.24 Å². The molecule has 0 spiro atoms. The number of hydrogen-bond donors (Lipinski definition) is 0. The summed E-state index contributed by atoms with van der Waals surface area (Å²) in [4.78, 5) is 10.8. The summed E-state index contributed by atoms with van der Waals surface area (Å²) in [7, 11) is 0. The molecule has 0 aliphatic rings.